The Morgan fingerprint density at radius 2 is 2.00 bits per heavy atom. The van der Waals surface area contributed by atoms with Crippen molar-refractivity contribution in [1.29, 1.82) is 0 Å². The van der Waals surface area contributed by atoms with E-state index >= 15 is 0 Å². The number of hydrogen-bond donors (Lipinski definition) is 1. The van der Waals surface area contributed by atoms with E-state index in [1.165, 1.54) is 42.5 Å². The van der Waals surface area contributed by atoms with Gasteiger partial charge in [0.15, 0.2) is 5.96 Å². The molecule has 2 aromatic rings. The molecule has 0 radical (unpaired) electrons. The molecule has 32 heavy (non-hydrogen) atoms. The summed E-state index contributed by atoms with van der Waals surface area (Å²) < 4.78 is 0. The van der Waals surface area contributed by atoms with Crippen molar-refractivity contribution < 1.29 is 0 Å². The topological polar surface area (TPSA) is 43.8 Å². The number of nitrogens with zero attached hydrogens (tertiary/aromatic N) is 4. The molecule has 2 saturated heterocycles. The number of hydrogen-bond acceptors (Lipinski definition) is 3. The molecular formula is C26H38IN5. The molecule has 0 aliphatic carbocycles. The summed E-state index contributed by atoms with van der Waals surface area (Å²) in [5.41, 5.74) is 4.04. The average Bonchev–Trinajstić information content (AvgIpc) is 2.80. The van der Waals surface area contributed by atoms with Crippen LogP contribution in [0.4, 0.5) is 0 Å². The van der Waals surface area contributed by atoms with E-state index in [0.29, 0.717) is 6.04 Å². The predicted octanol–water partition coefficient (Wildman–Crippen LogP) is 4.50. The van der Waals surface area contributed by atoms with Crippen LogP contribution in [0.3, 0.4) is 0 Å². The van der Waals surface area contributed by atoms with Gasteiger partial charge in [-0.2, -0.15) is 0 Å². The molecule has 5 nitrogen and oxygen atoms in total. The third-order valence-electron chi connectivity index (χ3n) is 6.83. The summed E-state index contributed by atoms with van der Waals surface area (Å²) in [4.78, 5) is 14.4. The van der Waals surface area contributed by atoms with Crippen LogP contribution in [0.5, 0.6) is 0 Å². The van der Waals surface area contributed by atoms with Crippen LogP contribution in [-0.4, -0.2) is 59.5 Å². The molecule has 2 fully saturated rings. The number of aliphatic imine (C=N–C) groups is 1. The number of guanidine groups is 1. The second-order valence-electron chi connectivity index (χ2n) is 8.95. The molecule has 4 rings (SSSR count). The summed E-state index contributed by atoms with van der Waals surface area (Å²) in [5.74, 6) is 1.82. The summed E-state index contributed by atoms with van der Waals surface area (Å²) in [7, 11) is 0. The van der Waals surface area contributed by atoms with E-state index in [1.807, 2.05) is 12.4 Å². The summed E-state index contributed by atoms with van der Waals surface area (Å²) in [6, 6.07) is 13.8. The number of pyridine rings is 1. The normalized spacial score (nSPS) is 21.6. The number of halogens is 1. The average molecular weight is 548 g/mol. The highest BCUT2D eigenvalue weighted by atomic mass is 127. The largest absolute Gasteiger partial charge is 0.357 e. The second kappa shape index (κ2) is 12.5. The number of fused-ring (bicyclic) bond motifs is 1. The van der Waals surface area contributed by atoms with E-state index < -0.39 is 0 Å². The number of aryl methyl sites for hydroxylation is 1. The van der Waals surface area contributed by atoms with Crippen molar-refractivity contribution in [3.8, 4) is 0 Å². The molecule has 1 aromatic carbocycles. The van der Waals surface area contributed by atoms with Gasteiger partial charge in [-0.25, -0.2) is 0 Å². The van der Waals surface area contributed by atoms with Gasteiger partial charge >= 0.3 is 0 Å². The van der Waals surface area contributed by atoms with Gasteiger partial charge < -0.3 is 10.2 Å². The Bertz CT molecular complexity index is 856. The first kappa shape index (κ1) is 25.0. The molecule has 0 bridgehead atoms. The molecule has 0 saturated carbocycles. The van der Waals surface area contributed by atoms with Crippen molar-refractivity contribution >= 4 is 29.9 Å². The fraction of sp³-hybridized carbons (Fsp3) is 0.538. The summed E-state index contributed by atoms with van der Waals surface area (Å²) in [5, 5.41) is 3.55. The Balaban J connectivity index is 0.00000289. The van der Waals surface area contributed by atoms with Crippen LogP contribution >= 0.6 is 24.0 Å². The highest BCUT2D eigenvalue weighted by Crippen LogP contribution is 2.31. The Morgan fingerprint density at radius 3 is 2.78 bits per heavy atom. The standard InChI is InChI=1S/C26H37N5.HI/c1-3-28-26(29-15-12-23-11-14-27-18-21(23)2)31-17-13-25-24(20-31)10-7-16-30(25)19-22-8-5-4-6-9-22;/h4-6,8-9,11,14,18,24-25H,3,7,10,12-13,15-17,19-20H2,1-2H3,(H,28,29);1H. The summed E-state index contributed by atoms with van der Waals surface area (Å²) in [6.45, 7) is 10.6. The minimum Gasteiger partial charge on any atom is -0.357 e. The van der Waals surface area contributed by atoms with Gasteiger partial charge in [0.25, 0.3) is 0 Å². The van der Waals surface area contributed by atoms with Gasteiger partial charge in [0.05, 0.1) is 0 Å². The quantitative estimate of drug-likeness (QED) is 0.329. The molecule has 2 atom stereocenters. The van der Waals surface area contributed by atoms with Crippen LogP contribution < -0.4 is 5.32 Å². The van der Waals surface area contributed by atoms with Crippen molar-refractivity contribution in [3.63, 3.8) is 0 Å². The molecule has 174 valence electrons. The predicted molar refractivity (Wildman–Crippen MR) is 144 cm³/mol. The Labute approximate surface area is 210 Å². The van der Waals surface area contributed by atoms with Crippen LogP contribution in [0.15, 0.2) is 53.8 Å². The lowest BCUT2D eigenvalue weighted by Gasteiger charge is -2.48. The van der Waals surface area contributed by atoms with Crippen LogP contribution in [0.25, 0.3) is 0 Å². The number of likely N-dealkylation sites (tertiary alicyclic amines) is 2. The van der Waals surface area contributed by atoms with Crippen molar-refractivity contribution in [2.24, 2.45) is 10.9 Å². The van der Waals surface area contributed by atoms with Gasteiger partial charge in [-0.3, -0.25) is 14.9 Å². The van der Waals surface area contributed by atoms with E-state index in [9.17, 15) is 0 Å². The maximum Gasteiger partial charge on any atom is 0.193 e. The Kier molecular flexibility index (Phi) is 9.78. The summed E-state index contributed by atoms with van der Waals surface area (Å²) >= 11 is 0. The molecule has 2 aliphatic heterocycles. The molecule has 2 unspecified atom stereocenters. The monoisotopic (exact) mass is 547 g/mol. The maximum absolute atomic E-state index is 5.00. The van der Waals surface area contributed by atoms with Gasteiger partial charge in [0.2, 0.25) is 0 Å². The zero-order valence-electron chi connectivity index (χ0n) is 19.5. The fourth-order valence-corrected chi connectivity index (χ4v) is 5.20. The van der Waals surface area contributed by atoms with E-state index in [4.69, 9.17) is 4.99 Å². The van der Waals surface area contributed by atoms with Crippen LogP contribution in [0.2, 0.25) is 0 Å². The Morgan fingerprint density at radius 1 is 1.16 bits per heavy atom. The van der Waals surface area contributed by atoms with Gasteiger partial charge in [0.1, 0.15) is 0 Å². The lowest BCUT2D eigenvalue weighted by Crippen LogP contribution is -2.56. The third kappa shape index (κ3) is 6.44. The van der Waals surface area contributed by atoms with Crippen LogP contribution in [-0.2, 0) is 13.0 Å². The highest BCUT2D eigenvalue weighted by molar-refractivity contribution is 14.0. The first-order valence-electron chi connectivity index (χ1n) is 12.0. The van der Waals surface area contributed by atoms with Crippen molar-refractivity contribution in [2.75, 3.05) is 32.7 Å². The summed E-state index contributed by atoms with van der Waals surface area (Å²) in [6.07, 6.45) is 8.66. The van der Waals surface area contributed by atoms with E-state index in [-0.39, 0.29) is 24.0 Å². The van der Waals surface area contributed by atoms with Crippen molar-refractivity contribution in [3.05, 3.63) is 65.5 Å². The molecule has 3 heterocycles. The zero-order chi connectivity index (χ0) is 21.5. The van der Waals surface area contributed by atoms with E-state index in [0.717, 1.165) is 51.0 Å². The van der Waals surface area contributed by atoms with Crippen molar-refractivity contribution in [2.45, 2.75) is 52.1 Å². The lowest BCUT2D eigenvalue weighted by atomic mass is 9.83. The molecule has 0 amide bonds. The molecular weight excluding hydrogens is 509 g/mol. The molecule has 1 aromatic heterocycles. The number of nitrogens with one attached hydrogen (secondary N) is 1. The van der Waals surface area contributed by atoms with Gasteiger partial charge in [0, 0.05) is 51.2 Å². The number of aromatic nitrogens is 1. The van der Waals surface area contributed by atoms with Crippen molar-refractivity contribution in [1.82, 2.24) is 20.1 Å². The van der Waals surface area contributed by atoms with E-state index in [2.05, 4.69) is 70.3 Å². The number of benzene rings is 1. The maximum atomic E-state index is 5.00. The zero-order valence-corrected chi connectivity index (χ0v) is 21.9. The smallest absolute Gasteiger partial charge is 0.193 e. The SMILES string of the molecule is CCNC(=NCCc1ccncc1C)N1CCC2C(CCCN2Cc2ccccc2)C1.I. The first-order chi connectivity index (χ1) is 15.2. The molecule has 1 N–H and O–H groups in total. The first-order valence-corrected chi connectivity index (χ1v) is 12.0. The number of rotatable bonds is 6. The molecule has 0 spiro atoms. The third-order valence-corrected chi connectivity index (χ3v) is 6.83. The lowest BCUT2D eigenvalue weighted by molar-refractivity contribution is 0.0372. The van der Waals surface area contributed by atoms with Crippen LogP contribution in [0.1, 0.15) is 42.9 Å². The van der Waals surface area contributed by atoms with Crippen LogP contribution in [0, 0.1) is 12.8 Å². The fourth-order valence-electron chi connectivity index (χ4n) is 5.20. The minimum atomic E-state index is 0. The van der Waals surface area contributed by atoms with Gasteiger partial charge in [-0.05, 0) is 74.8 Å². The minimum absolute atomic E-state index is 0. The van der Waals surface area contributed by atoms with Gasteiger partial charge in [-0.15, -0.1) is 24.0 Å². The highest BCUT2D eigenvalue weighted by Gasteiger charge is 2.36. The Hall–Kier alpha value is -1.67. The van der Waals surface area contributed by atoms with Gasteiger partial charge in [-0.1, -0.05) is 30.3 Å². The second-order valence-corrected chi connectivity index (χ2v) is 8.95. The van der Waals surface area contributed by atoms with E-state index in [1.54, 1.807) is 0 Å². The molecule has 6 heteroatoms. The number of piperidine rings is 2. The molecule has 2 aliphatic rings.